The Kier molecular flexibility index (Phi) is 8.00. The van der Waals surface area contributed by atoms with Gasteiger partial charge in [-0.25, -0.2) is 8.78 Å². The lowest BCUT2D eigenvalue weighted by molar-refractivity contribution is -0.388. The monoisotopic (exact) mass is 389 g/mol. The number of methoxy groups -OCH3 is 1. The molecule has 0 spiro atoms. The number of azo groups is 1. The van der Waals surface area contributed by atoms with Crippen LogP contribution in [0.5, 0.6) is 0 Å². The van der Waals surface area contributed by atoms with Crippen LogP contribution < -0.4 is 0 Å². The molecule has 8 nitrogen and oxygen atoms in total. The van der Waals surface area contributed by atoms with Crippen molar-refractivity contribution in [2.75, 3.05) is 20.2 Å². The fourth-order valence-corrected chi connectivity index (χ4v) is 2.18. The molecule has 0 fully saturated rings. The van der Waals surface area contributed by atoms with Gasteiger partial charge in [-0.2, -0.15) is 14.6 Å². The summed E-state index contributed by atoms with van der Waals surface area (Å²) in [5.41, 5.74) is -3.94. The summed E-state index contributed by atoms with van der Waals surface area (Å²) in [6.45, 7) is 2.46. The number of Topliss-reactive ketones (excluding diaryl/α,β-unsaturated/α-hetero) is 1. The van der Waals surface area contributed by atoms with Crippen LogP contribution >= 0.6 is 0 Å². The lowest BCUT2D eigenvalue weighted by Gasteiger charge is -2.13. The number of unbranched alkanes of at least 4 members (excludes halogenated alkanes) is 1. The molecule has 0 aliphatic heterocycles. The van der Waals surface area contributed by atoms with Gasteiger partial charge in [0.2, 0.25) is 5.82 Å². The number of carbonyl (C=O) groups is 2. The molecule has 0 aliphatic rings. The summed E-state index contributed by atoms with van der Waals surface area (Å²) in [4.78, 5) is 34.1. The molecule has 1 atom stereocenters. The Morgan fingerprint density at radius 1 is 1.19 bits per heavy atom. The van der Waals surface area contributed by atoms with Crippen LogP contribution in [0.3, 0.4) is 0 Å². The normalized spacial score (nSPS) is 12.2. The highest BCUT2D eigenvalue weighted by atomic mass is 19.2. The molecule has 0 radical (unpaired) electrons. The standard InChI is InChI=1S/C16H18F3N3O5/c1-4-5-6-20-21-7-9(16(24)27-3)15(23)10-11(17)8(2)12(18)13(19)14(10)22(25)26/h9H,4-7H2,1-3H3. The van der Waals surface area contributed by atoms with Gasteiger partial charge in [-0.3, -0.25) is 19.7 Å². The van der Waals surface area contributed by atoms with Crippen LogP contribution in [-0.2, 0) is 9.53 Å². The van der Waals surface area contributed by atoms with Crippen molar-refractivity contribution in [1.82, 2.24) is 0 Å². The third-order valence-corrected chi connectivity index (χ3v) is 3.72. The zero-order valence-corrected chi connectivity index (χ0v) is 14.9. The van der Waals surface area contributed by atoms with E-state index >= 15 is 0 Å². The predicted octanol–water partition coefficient (Wildman–Crippen LogP) is 3.54. The largest absolute Gasteiger partial charge is 0.468 e. The summed E-state index contributed by atoms with van der Waals surface area (Å²) in [7, 11) is 0.943. The van der Waals surface area contributed by atoms with Gasteiger partial charge in [0.15, 0.2) is 11.6 Å². The van der Waals surface area contributed by atoms with Crippen LogP contribution in [0, 0.1) is 40.4 Å². The quantitative estimate of drug-likeness (QED) is 0.0937. The van der Waals surface area contributed by atoms with Crippen molar-refractivity contribution in [3.05, 3.63) is 38.7 Å². The van der Waals surface area contributed by atoms with Gasteiger partial charge in [-0.15, -0.1) is 0 Å². The number of hydrogen-bond donors (Lipinski definition) is 0. The van der Waals surface area contributed by atoms with Crippen molar-refractivity contribution >= 4 is 17.4 Å². The fraction of sp³-hybridized carbons (Fsp3) is 0.500. The molecule has 1 aromatic rings. The van der Waals surface area contributed by atoms with Crippen LogP contribution in [0.25, 0.3) is 0 Å². The maximum atomic E-state index is 14.4. The first-order valence-electron chi connectivity index (χ1n) is 7.95. The Bertz CT molecular complexity index is 783. The van der Waals surface area contributed by atoms with Crippen molar-refractivity contribution in [2.24, 2.45) is 16.1 Å². The van der Waals surface area contributed by atoms with Gasteiger partial charge in [0.05, 0.1) is 25.1 Å². The lowest BCUT2D eigenvalue weighted by Crippen LogP contribution is -2.30. The Morgan fingerprint density at radius 2 is 1.81 bits per heavy atom. The van der Waals surface area contributed by atoms with Gasteiger partial charge >= 0.3 is 11.7 Å². The highest BCUT2D eigenvalue weighted by Gasteiger charge is 2.40. The Morgan fingerprint density at radius 3 is 2.33 bits per heavy atom. The third-order valence-electron chi connectivity index (χ3n) is 3.72. The molecular weight excluding hydrogens is 371 g/mol. The van der Waals surface area contributed by atoms with E-state index in [2.05, 4.69) is 15.0 Å². The van der Waals surface area contributed by atoms with Gasteiger partial charge in [-0.05, 0) is 13.3 Å². The zero-order chi connectivity index (χ0) is 20.7. The Balaban J connectivity index is 3.43. The predicted molar refractivity (Wildman–Crippen MR) is 87.0 cm³/mol. The minimum absolute atomic E-state index is 0.317. The number of nitrogens with zero attached hydrogens (tertiary/aromatic N) is 3. The van der Waals surface area contributed by atoms with Crippen LogP contribution in [0.1, 0.15) is 35.7 Å². The van der Waals surface area contributed by atoms with E-state index < -0.39 is 63.4 Å². The molecule has 1 unspecified atom stereocenters. The van der Waals surface area contributed by atoms with E-state index in [4.69, 9.17) is 0 Å². The van der Waals surface area contributed by atoms with Crippen molar-refractivity contribution < 1.29 is 32.4 Å². The van der Waals surface area contributed by atoms with Gasteiger partial charge in [0.1, 0.15) is 17.3 Å². The van der Waals surface area contributed by atoms with Crippen LogP contribution in [0.15, 0.2) is 10.2 Å². The number of ketones is 1. The molecule has 0 saturated carbocycles. The second kappa shape index (κ2) is 9.74. The molecule has 0 heterocycles. The summed E-state index contributed by atoms with van der Waals surface area (Å²) in [6.07, 6.45) is 1.52. The molecule has 0 aromatic heterocycles. The number of benzene rings is 1. The van der Waals surface area contributed by atoms with Crippen molar-refractivity contribution in [2.45, 2.75) is 26.7 Å². The van der Waals surface area contributed by atoms with Crippen molar-refractivity contribution in [3.63, 3.8) is 0 Å². The second-order valence-corrected chi connectivity index (χ2v) is 5.53. The smallest absolute Gasteiger partial charge is 0.321 e. The van der Waals surface area contributed by atoms with E-state index in [9.17, 15) is 32.9 Å². The first-order valence-corrected chi connectivity index (χ1v) is 7.95. The SMILES string of the molecule is CCCCN=NCC(C(=O)OC)C(=O)c1c(F)c(C)c(F)c(F)c1[N+](=O)[O-]. The Hall–Kier alpha value is -2.85. The van der Waals surface area contributed by atoms with E-state index in [0.29, 0.717) is 13.0 Å². The highest BCUT2D eigenvalue weighted by molar-refractivity contribution is 6.11. The maximum Gasteiger partial charge on any atom is 0.321 e. The lowest BCUT2D eigenvalue weighted by atomic mass is 9.94. The topological polar surface area (TPSA) is 111 Å². The molecular formula is C16H18F3N3O5. The van der Waals surface area contributed by atoms with Crippen LogP contribution in [0.4, 0.5) is 18.9 Å². The maximum absolute atomic E-state index is 14.4. The summed E-state index contributed by atoms with van der Waals surface area (Å²) < 4.78 is 46.4. The highest BCUT2D eigenvalue weighted by Crippen LogP contribution is 2.32. The van der Waals surface area contributed by atoms with Gasteiger partial charge in [0, 0.05) is 5.56 Å². The minimum Gasteiger partial charge on any atom is -0.468 e. The third kappa shape index (κ3) is 4.86. The van der Waals surface area contributed by atoms with Gasteiger partial charge < -0.3 is 4.74 Å². The molecule has 0 amide bonds. The number of hydrogen-bond acceptors (Lipinski definition) is 7. The van der Waals surface area contributed by atoms with Gasteiger partial charge in [-0.1, -0.05) is 13.3 Å². The first-order chi connectivity index (χ1) is 12.7. The molecule has 0 saturated heterocycles. The number of nitro groups is 1. The molecule has 0 bridgehead atoms. The van der Waals surface area contributed by atoms with E-state index in [1.807, 2.05) is 6.92 Å². The zero-order valence-electron chi connectivity index (χ0n) is 14.9. The van der Waals surface area contributed by atoms with Gasteiger partial charge in [0.25, 0.3) is 0 Å². The minimum atomic E-state index is -1.99. The summed E-state index contributed by atoms with van der Waals surface area (Å²) in [6, 6.07) is 0. The second-order valence-electron chi connectivity index (χ2n) is 5.53. The number of halogens is 3. The van der Waals surface area contributed by atoms with Crippen molar-refractivity contribution in [3.8, 4) is 0 Å². The number of carbonyl (C=O) groups excluding carboxylic acids is 2. The van der Waals surface area contributed by atoms with E-state index in [-0.39, 0.29) is 0 Å². The first kappa shape index (κ1) is 22.2. The van der Waals surface area contributed by atoms with E-state index in [1.54, 1.807) is 0 Å². The summed E-state index contributed by atoms with van der Waals surface area (Å²) in [5.74, 6) is -9.80. The van der Waals surface area contributed by atoms with Crippen LogP contribution in [0.2, 0.25) is 0 Å². The average molecular weight is 389 g/mol. The summed E-state index contributed by atoms with van der Waals surface area (Å²) in [5, 5.41) is 18.4. The molecule has 11 heteroatoms. The number of rotatable bonds is 9. The molecule has 148 valence electrons. The van der Waals surface area contributed by atoms with Crippen molar-refractivity contribution in [1.29, 1.82) is 0 Å². The Labute approximate surface area is 152 Å². The van der Waals surface area contributed by atoms with Crippen LogP contribution in [-0.4, -0.2) is 36.9 Å². The number of ether oxygens (including phenoxy) is 1. The molecule has 1 rings (SSSR count). The molecule has 27 heavy (non-hydrogen) atoms. The number of esters is 1. The molecule has 0 N–H and O–H groups in total. The number of nitro benzene ring substituents is 1. The molecule has 1 aromatic carbocycles. The van der Waals surface area contributed by atoms with E-state index in [0.717, 1.165) is 20.5 Å². The summed E-state index contributed by atoms with van der Waals surface area (Å²) >= 11 is 0. The average Bonchev–Trinajstić information content (AvgIpc) is 2.64. The van der Waals surface area contributed by atoms with E-state index in [1.165, 1.54) is 0 Å². The molecule has 0 aliphatic carbocycles. The fourth-order valence-electron chi connectivity index (χ4n) is 2.18.